The van der Waals surface area contributed by atoms with E-state index in [9.17, 15) is 14.4 Å². The van der Waals surface area contributed by atoms with Crippen molar-refractivity contribution in [3.8, 4) is 0 Å². The topological polar surface area (TPSA) is 122 Å². The molecule has 0 saturated heterocycles. The summed E-state index contributed by atoms with van der Waals surface area (Å²) in [7, 11) is 0. The maximum absolute atomic E-state index is 13.8. The molecule has 0 bridgehead atoms. The smallest absolute Gasteiger partial charge is 0.404 e. The van der Waals surface area contributed by atoms with Gasteiger partial charge in [0.15, 0.2) is 5.65 Å². The van der Waals surface area contributed by atoms with Gasteiger partial charge < -0.3 is 15.3 Å². The molecule has 1 unspecified atom stereocenters. The lowest BCUT2D eigenvalue weighted by atomic mass is 10.1. The average molecular weight is 537 g/mol. The zero-order valence-corrected chi connectivity index (χ0v) is 21.9. The number of carbonyl (C=O) groups excluding carboxylic acids is 1. The first-order valence-electron chi connectivity index (χ1n) is 12.3. The van der Waals surface area contributed by atoms with Crippen LogP contribution in [0.4, 0.5) is 4.79 Å². The summed E-state index contributed by atoms with van der Waals surface area (Å²) in [5.41, 5.74) is 2.18. The number of rotatable bonds is 10. The molecule has 11 heteroatoms. The number of aryl methyl sites for hydroxylation is 1. The van der Waals surface area contributed by atoms with E-state index in [1.165, 1.54) is 10.8 Å². The van der Waals surface area contributed by atoms with Gasteiger partial charge in [-0.2, -0.15) is 9.61 Å². The molecule has 4 rings (SSSR count). The molecule has 0 radical (unpaired) electrons. The van der Waals surface area contributed by atoms with Gasteiger partial charge in [0.1, 0.15) is 10.8 Å². The molecule has 10 nitrogen and oxygen atoms in total. The Bertz CT molecular complexity index is 1480. The van der Waals surface area contributed by atoms with Gasteiger partial charge in [-0.1, -0.05) is 66.6 Å². The van der Waals surface area contributed by atoms with Crippen LogP contribution in [0.2, 0.25) is 5.02 Å². The van der Waals surface area contributed by atoms with Crippen molar-refractivity contribution < 1.29 is 14.7 Å². The van der Waals surface area contributed by atoms with E-state index < -0.39 is 17.8 Å². The van der Waals surface area contributed by atoms with E-state index >= 15 is 0 Å². The number of fused-ring (bicyclic) bond motifs is 1. The van der Waals surface area contributed by atoms with Crippen LogP contribution in [0.15, 0.2) is 65.6 Å². The maximum Gasteiger partial charge on any atom is 0.404 e. The highest BCUT2D eigenvalue weighted by atomic mass is 35.5. The van der Waals surface area contributed by atoms with Gasteiger partial charge >= 0.3 is 11.8 Å². The Kier molecular flexibility index (Phi) is 8.42. The fourth-order valence-corrected chi connectivity index (χ4v) is 4.53. The summed E-state index contributed by atoms with van der Waals surface area (Å²) in [6.45, 7) is 4.48. The molecule has 2 N–H and O–H groups in total. The summed E-state index contributed by atoms with van der Waals surface area (Å²) >= 11 is 6.32. The Hall–Kier alpha value is -4.18. The lowest BCUT2D eigenvalue weighted by Crippen LogP contribution is -2.41. The van der Waals surface area contributed by atoms with Crippen molar-refractivity contribution >= 4 is 29.2 Å². The molecule has 198 valence electrons. The van der Waals surface area contributed by atoms with Gasteiger partial charge in [-0.25, -0.2) is 14.6 Å². The molecule has 4 aromatic rings. The number of hydrogen-bond donors (Lipinski definition) is 2. The van der Waals surface area contributed by atoms with Crippen LogP contribution >= 0.6 is 11.6 Å². The van der Waals surface area contributed by atoms with Crippen LogP contribution in [0.1, 0.15) is 53.1 Å². The molecule has 1 atom stereocenters. The van der Waals surface area contributed by atoms with Gasteiger partial charge in [-0.3, -0.25) is 9.36 Å². The van der Waals surface area contributed by atoms with Gasteiger partial charge in [-0.05, 0) is 37.5 Å². The first-order chi connectivity index (χ1) is 18.3. The second-order valence-electron chi connectivity index (χ2n) is 8.93. The number of halogens is 1. The number of carbonyl (C=O) groups is 2. The molecule has 38 heavy (non-hydrogen) atoms. The Morgan fingerprint density at radius 3 is 2.50 bits per heavy atom. The first-order valence-corrected chi connectivity index (χ1v) is 12.7. The highest BCUT2D eigenvalue weighted by Crippen LogP contribution is 2.27. The molecule has 2 heterocycles. The monoisotopic (exact) mass is 536 g/mol. The van der Waals surface area contributed by atoms with E-state index in [-0.39, 0.29) is 36.2 Å². The second-order valence-corrected chi connectivity index (χ2v) is 9.33. The van der Waals surface area contributed by atoms with Crippen molar-refractivity contribution in [2.45, 2.75) is 39.3 Å². The van der Waals surface area contributed by atoms with Crippen molar-refractivity contribution in [3.05, 3.63) is 98.8 Å². The minimum absolute atomic E-state index is 0.168. The Morgan fingerprint density at radius 2 is 1.84 bits per heavy atom. The van der Waals surface area contributed by atoms with Crippen molar-refractivity contribution in [1.29, 1.82) is 0 Å². The maximum atomic E-state index is 13.8. The van der Waals surface area contributed by atoms with Gasteiger partial charge in [0.2, 0.25) is 0 Å². The van der Waals surface area contributed by atoms with Gasteiger partial charge in [0.25, 0.3) is 5.91 Å². The van der Waals surface area contributed by atoms with Crippen molar-refractivity contribution in [2.75, 3.05) is 13.1 Å². The van der Waals surface area contributed by atoms with Gasteiger partial charge in [-0.15, -0.1) is 0 Å². The number of benzene rings is 2. The molecule has 2 aromatic heterocycles. The molecule has 0 saturated carbocycles. The van der Waals surface area contributed by atoms with E-state index in [0.717, 1.165) is 15.6 Å². The number of nitrogens with zero attached hydrogens (tertiary/aromatic N) is 5. The molecule has 2 aromatic carbocycles. The Balaban J connectivity index is 1.82. The number of nitrogens with one attached hydrogen (secondary N) is 1. The SMILES string of the molecule is CCC(c1nc2c(Cl)cnn2c(=O)n1Cc1ccccc1)N(CCCNC(=O)O)C(=O)c1ccc(C)cc1. The van der Waals surface area contributed by atoms with Crippen LogP contribution < -0.4 is 11.0 Å². The number of amides is 2. The summed E-state index contributed by atoms with van der Waals surface area (Å²) in [6, 6.07) is 16.1. The van der Waals surface area contributed by atoms with Gasteiger partial charge in [0, 0.05) is 18.7 Å². The van der Waals surface area contributed by atoms with Crippen LogP contribution in [0.5, 0.6) is 0 Å². The predicted octanol–water partition coefficient (Wildman–Crippen LogP) is 4.15. The van der Waals surface area contributed by atoms with E-state index in [4.69, 9.17) is 21.7 Å². The van der Waals surface area contributed by atoms with Crippen LogP contribution in [0.25, 0.3) is 5.65 Å². The van der Waals surface area contributed by atoms with E-state index in [0.29, 0.717) is 24.2 Å². The highest BCUT2D eigenvalue weighted by molar-refractivity contribution is 6.33. The zero-order chi connectivity index (χ0) is 27.2. The summed E-state index contributed by atoms with van der Waals surface area (Å²) in [5.74, 6) is 0.134. The van der Waals surface area contributed by atoms with Crippen LogP contribution in [-0.4, -0.2) is 54.3 Å². The zero-order valence-electron chi connectivity index (χ0n) is 21.2. The molecule has 0 fully saturated rings. The van der Waals surface area contributed by atoms with Crippen molar-refractivity contribution in [2.24, 2.45) is 0 Å². The Morgan fingerprint density at radius 1 is 1.13 bits per heavy atom. The summed E-state index contributed by atoms with van der Waals surface area (Å²) in [5, 5.41) is 15.7. The Labute approximate surface area is 224 Å². The molecule has 0 aliphatic rings. The molecule has 0 aliphatic carbocycles. The summed E-state index contributed by atoms with van der Waals surface area (Å²) < 4.78 is 2.68. The first kappa shape index (κ1) is 26.9. The van der Waals surface area contributed by atoms with Crippen LogP contribution in [0, 0.1) is 6.92 Å². The minimum atomic E-state index is -1.13. The largest absolute Gasteiger partial charge is 0.465 e. The fourth-order valence-electron chi connectivity index (χ4n) is 4.36. The molecule has 0 spiro atoms. The molecule has 2 amide bonds. The number of carboxylic acid groups (broad SMARTS) is 1. The van der Waals surface area contributed by atoms with E-state index in [2.05, 4.69) is 10.4 Å². The average Bonchev–Trinajstić information content (AvgIpc) is 3.28. The predicted molar refractivity (Wildman–Crippen MR) is 144 cm³/mol. The van der Waals surface area contributed by atoms with Crippen LogP contribution in [-0.2, 0) is 6.54 Å². The lowest BCUT2D eigenvalue weighted by Gasteiger charge is -2.32. The van der Waals surface area contributed by atoms with Crippen LogP contribution in [0.3, 0.4) is 0 Å². The van der Waals surface area contributed by atoms with Gasteiger partial charge in [0.05, 0.1) is 18.8 Å². The van der Waals surface area contributed by atoms with E-state index in [1.807, 2.05) is 56.3 Å². The third-order valence-electron chi connectivity index (χ3n) is 6.27. The third kappa shape index (κ3) is 5.86. The molecular formula is C27H29ClN6O4. The van der Waals surface area contributed by atoms with Crippen molar-refractivity contribution in [3.63, 3.8) is 0 Å². The normalized spacial score (nSPS) is 11.9. The minimum Gasteiger partial charge on any atom is -0.465 e. The quantitative estimate of drug-likeness (QED) is 0.294. The van der Waals surface area contributed by atoms with E-state index in [1.54, 1.807) is 17.0 Å². The number of aromatic nitrogens is 4. The van der Waals surface area contributed by atoms with Crippen molar-refractivity contribution in [1.82, 2.24) is 29.4 Å². The molecule has 0 aliphatic heterocycles. The fraction of sp³-hybridized carbons (Fsp3) is 0.296. The standard InChI is InChI=1S/C27H29ClN6O4/c1-3-22(32(15-7-14-29-26(36)37)25(35)20-12-10-18(2)11-13-20)24-31-23-21(28)16-30-34(23)27(38)33(24)17-19-8-5-4-6-9-19/h4-6,8-13,16,22,29H,3,7,14-15,17H2,1-2H3,(H,36,37). The molecular weight excluding hydrogens is 508 g/mol. The summed E-state index contributed by atoms with van der Waals surface area (Å²) in [4.78, 5) is 44.8. The lowest BCUT2D eigenvalue weighted by molar-refractivity contribution is 0.0654. The second kappa shape index (κ2) is 11.9. The third-order valence-corrected chi connectivity index (χ3v) is 6.53. The highest BCUT2D eigenvalue weighted by Gasteiger charge is 2.30. The number of hydrogen-bond acceptors (Lipinski definition) is 5. The summed E-state index contributed by atoms with van der Waals surface area (Å²) in [6.07, 6.45) is 1.06.